The molecule has 3 N–H and O–H groups in total. The molecule has 0 fully saturated rings. The van der Waals surface area contributed by atoms with E-state index < -0.39 is 0 Å². The molecule has 6 nitrogen and oxygen atoms in total. The Labute approximate surface area is 128 Å². The molecule has 1 heterocycles. The second-order valence-electron chi connectivity index (χ2n) is 4.77. The highest BCUT2D eigenvalue weighted by Crippen LogP contribution is 2.34. The van der Waals surface area contributed by atoms with Gasteiger partial charge in [-0.2, -0.15) is 0 Å². The van der Waals surface area contributed by atoms with Crippen molar-refractivity contribution in [3.05, 3.63) is 36.4 Å². The van der Waals surface area contributed by atoms with Gasteiger partial charge in [-0.1, -0.05) is 0 Å². The molecule has 22 heavy (non-hydrogen) atoms. The Morgan fingerprint density at radius 3 is 2.77 bits per heavy atom. The van der Waals surface area contributed by atoms with Gasteiger partial charge in [0.25, 0.3) is 0 Å². The van der Waals surface area contributed by atoms with E-state index in [0.29, 0.717) is 29.6 Å². The number of methoxy groups -OCH3 is 2. The summed E-state index contributed by atoms with van der Waals surface area (Å²) in [4.78, 5) is 4.54. The summed E-state index contributed by atoms with van der Waals surface area (Å²) in [5.74, 6) is 2.78. The Morgan fingerprint density at radius 2 is 2.00 bits per heavy atom. The predicted molar refractivity (Wildman–Crippen MR) is 86.6 cm³/mol. The standard InChI is InChI=1S/C16H17N3O3/c1-20-11-4-6-12(14(8-11)21-2)18-16-9-22-15-7-10(17)3-5-13(15)19-16/h3-8H,9,17H2,1-2H3,(H,18,19). The van der Waals surface area contributed by atoms with Crippen LogP contribution in [0.1, 0.15) is 0 Å². The van der Waals surface area contributed by atoms with Gasteiger partial charge in [0.05, 0.1) is 19.9 Å². The molecule has 0 atom stereocenters. The molecule has 1 aliphatic rings. The molecule has 0 aliphatic carbocycles. The van der Waals surface area contributed by atoms with Crippen molar-refractivity contribution < 1.29 is 14.2 Å². The number of hydrogen-bond donors (Lipinski definition) is 2. The van der Waals surface area contributed by atoms with Crippen molar-refractivity contribution in [2.75, 3.05) is 31.9 Å². The summed E-state index contributed by atoms with van der Waals surface area (Å²) in [6, 6.07) is 10.9. The zero-order chi connectivity index (χ0) is 15.5. The number of anilines is 2. The number of aliphatic imine (C=N–C) groups is 1. The van der Waals surface area contributed by atoms with Crippen LogP contribution in [-0.2, 0) is 0 Å². The maximum atomic E-state index is 5.73. The molecule has 0 saturated heterocycles. The topological polar surface area (TPSA) is 78.1 Å². The van der Waals surface area contributed by atoms with E-state index in [1.807, 2.05) is 18.2 Å². The normalized spacial score (nSPS) is 12.7. The third kappa shape index (κ3) is 2.76. The smallest absolute Gasteiger partial charge is 0.147 e. The van der Waals surface area contributed by atoms with Gasteiger partial charge < -0.3 is 25.3 Å². The molecule has 0 unspecified atom stereocenters. The first kappa shape index (κ1) is 14.1. The summed E-state index contributed by atoms with van der Waals surface area (Å²) >= 11 is 0. The number of rotatable bonds is 3. The van der Waals surface area contributed by atoms with Gasteiger partial charge in [-0.15, -0.1) is 0 Å². The third-order valence-electron chi connectivity index (χ3n) is 3.29. The fraction of sp³-hybridized carbons (Fsp3) is 0.188. The lowest BCUT2D eigenvalue weighted by molar-refractivity contribution is 0.372. The minimum absolute atomic E-state index is 0.339. The molecule has 2 aromatic rings. The van der Waals surface area contributed by atoms with Crippen molar-refractivity contribution in [2.24, 2.45) is 4.99 Å². The number of ether oxygens (including phenoxy) is 3. The summed E-state index contributed by atoms with van der Waals surface area (Å²) in [7, 11) is 3.22. The SMILES string of the molecule is COc1ccc(NC2=Nc3ccc(N)cc3OC2)c(OC)c1. The van der Waals surface area contributed by atoms with Gasteiger partial charge in [0.1, 0.15) is 35.4 Å². The van der Waals surface area contributed by atoms with Crippen LogP contribution in [0, 0.1) is 0 Å². The van der Waals surface area contributed by atoms with Crippen LogP contribution in [0.15, 0.2) is 41.4 Å². The first-order chi connectivity index (χ1) is 10.7. The Hall–Kier alpha value is -2.89. The van der Waals surface area contributed by atoms with Crippen LogP contribution in [0.5, 0.6) is 17.2 Å². The molecule has 2 aromatic carbocycles. The zero-order valence-corrected chi connectivity index (χ0v) is 12.4. The largest absolute Gasteiger partial charge is 0.497 e. The van der Waals surface area contributed by atoms with E-state index in [9.17, 15) is 0 Å². The summed E-state index contributed by atoms with van der Waals surface area (Å²) in [5, 5.41) is 3.22. The molecule has 0 aromatic heterocycles. The predicted octanol–water partition coefficient (Wildman–Crippen LogP) is 2.82. The van der Waals surface area contributed by atoms with Gasteiger partial charge >= 0.3 is 0 Å². The van der Waals surface area contributed by atoms with Crippen LogP contribution in [0.4, 0.5) is 17.1 Å². The molecule has 0 bridgehead atoms. The summed E-state index contributed by atoms with van der Waals surface area (Å²) < 4.78 is 16.2. The first-order valence-corrected chi connectivity index (χ1v) is 6.78. The highest BCUT2D eigenvalue weighted by Gasteiger charge is 2.15. The Bertz CT molecular complexity index is 729. The van der Waals surface area contributed by atoms with Gasteiger partial charge in [-0.3, -0.25) is 0 Å². The maximum Gasteiger partial charge on any atom is 0.147 e. The zero-order valence-electron chi connectivity index (χ0n) is 12.4. The molecule has 0 radical (unpaired) electrons. The van der Waals surface area contributed by atoms with Gasteiger partial charge in [0, 0.05) is 17.8 Å². The quantitative estimate of drug-likeness (QED) is 0.852. The lowest BCUT2D eigenvalue weighted by atomic mass is 10.2. The van der Waals surface area contributed by atoms with Gasteiger partial charge in [-0.05, 0) is 24.3 Å². The lowest BCUT2D eigenvalue weighted by Crippen LogP contribution is -2.23. The molecular formula is C16H17N3O3. The number of amidine groups is 1. The first-order valence-electron chi connectivity index (χ1n) is 6.78. The second-order valence-corrected chi connectivity index (χ2v) is 4.77. The number of nitrogens with zero attached hydrogens (tertiary/aromatic N) is 1. The summed E-state index contributed by atoms with van der Waals surface area (Å²) in [6.45, 7) is 0.339. The van der Waals surface area contributed by atoms with Gasteiger partial charge in [0.2, 0.25) is 0 Å². The number of fused-ring (bicyclic) bond motifs is 1. The Kier molecular flexibility index (Phi) is 3.74. The maximum absolute atomic E-state index is 5.73. The molecular weight excluding hydrogens is 282 g/mol. The molecule has 0 saturated carbocycles. The minimum atomic E-state index is 0.339. The molecule has 6 heteroatoms. The fourth-order valence-electron chi connectivity index (χ4n) is 2.18. The van der Waals surface area contributed by atoms with Crippen molar-refractivity contribution in [2.45, 2.75) is 0 Å². The second kappa shape index (κ2) is 5.85. The number of hydrogen-bond acceptors (Lipinski definition) is 6. The van der Waals surface area contributed by atoms with E-state index in [4.69, 9.17) is 19.9 Å². The van der Waals surface area contributed by atoms with Crippen LogP contribution in [0.3, 0.4) is 0 Å². The molecule has 3 rings (SSSR count). The molecule has 114 valence electrons. The minimum Gasteiger partial charge on any atom is -0.497 e. The molecule has 0 spiro atoms. The van der Waals surface area contributed by atoms with Crippen LogP contribution in [-0.4, -0.2) is 26.7 Å². The molecule has 0 amide bonds. The monoisotopic (exact) mass is 299 g/mol. The van der Waals surface area contributed by atoms with E-state index >= 15 is 0 Å². The van der Waals surface area contributed by atoms with Crippen LogP contribution < -0.4 is 25.3 Å². The van der Waals surface area contributed by atoms with Crippen LogP contribution in [0.2, 0.25) is 0 Å². The number of nitrogens with one attached hydrogen (secondary N) is 1. The number of nitrogen functional groups attached to an aromatic ring is 1. The average molecular weight is 299 g/mol. The van der Waals surface area contributed by atoms with E-state index in [1.165, 1.54) is 0 Å². The van der Waals surface area contributed by atoms with Crippen molar-refractivity contribution in [3.8, 4) is 17.2 Å². The fourth-order valence-corrected chi connectivity index (χ4v) is 2.18. The highest BCUT2D eigenvalue weighted by molar-refractivity contribution is 6.00. The van der Waals surface area contributed by atoms with E-state index in [-0.39, 0.29) is 0 Å². The Morgan fingerprint density at radius 1 is 1.14 bits per heavy atom. The summed E-state index contributed by atoms with van der Waals surface area (Å²) in [6.07, 6.45) is 0. The summed E-state index contributed by atoms with van der Waals surface area (Å²) in [5.41, 5.74) is 7.93. The van der Waals surface area contributed by atoms with E-state index in [0.717, 1.165) is 17.1 Å². The van der Waals surface area contributed by atoms with E-state index in [1.54, 1.807) is 32.4 Å². The Balaban J connectivity index is 1.86. The van der Waals surface area contributed by atoms with Crippen molar-refractivity contribution in [1.82, 2.24) is 0 Å². The van der Waals surface area contributed by atoms with Gasteiger partial charge in [-0.25, -0.2) is 4.99 Å². The number of nitrogens with two attached hydrogens (primary N) is 1. The van der Waals surface area contributed by atoms with E-state index in [2.05, 4.69) is 10.3 Å². The highest BCUT2D eigenvalue weighted by atomic mass is 16.5. The van der Waals surface area contributed by atoms with Crippen molar-refractivity contribution in [3.63, 3.8) is 0 Å². The van der Waals surface area contributed by atoms with Crippen LogP contribution >= 0.6 is 0 Å². The third-order valence-corrected chi connectivity index (χ3v) is 3.29. The van der Waals surface area contributed by atoms with Crippen LogP contribution in [0.25, 0.3) is 0 Å². The average Bonchev–Trinajstić information content (AvgIpc) is 2.55. The van der Waals surface area contributed by atoms with Crippen molar-refractivity contribution in [1.29, 1.82) is 0 Å². The van der Waals surface area contributed by atoms with Crippen molar-refractivity contribution >= 4 is 22.9 Å². The lowest BCUT2D eigenvalue weighted by Gasteiger charge is -2.19. The number of benzene rings is 2. The van der Waals surface area contributed by atoms with Gasteiger partial charge in [0.15, 0.2) is 0 Å². The molecule has 1 aliphatic heterocycles.